The number of imidazole rings is 1. The molecule has 2 heterocycles. The van der Waals surface area contributed by atoms with Crippen molar-refractivity contribution in [1.82, 2.24) is 18.7 Å². The van der Waals surface area contributed by atoms with Crippen molar-refractivity contribution in [2.45, 2.75) is 11.7 Å². The molecule has 0 amide bonds. The second-order valence-electron chi connectivity index (χ2n) is 7.18. The van der Waals surface area contributed by atoms with E-state index >= 15 is 0 Å². The number of aromatic nitrogens is 4. The van der Waals surface area contributed by atoms with E-state index in [2.05, 4.69) is 4.98 Å². The van der Waals surface area contributed by atoms with E-state index in [1.54, 1.807) is 22.8 Å². The number of rotatable bonds is 6. The lowest BCUT2D eigenvalue weighted by Gasteiger charge is -2.10. The molecular formula is C22H18ClFN4O3S. The lowest BCUT2D eigenvalue weighted by Crippen LogP contribution is -2.37. The average Bonchev–Trinajstić information content (AvgIpc) is 3.14. The Hall–Kier alpha value is -3.17. The van der Waals surface area contributed by atoms with E-state index in [-0.39, 0.29) is 29.0 Å². The van der Waals surface area contributed by atoms with Crippen molar-refractivity contribution < 1.29 is 9.18 Å². The highest BCUT2D eigenvalue weighted by atomic mass is 35.5. The Morgan fingerprint density at radius 2 is 1.75 bits per heavy atom. The fraction of sp³-hybridized carbons (Fsp3) is 0.182. The Kier molecular flexibility index (Phi) is 6.03. The third-order valence-electron chi connectivity index (χ3n) is 5.07. The molecule has 0 fully saturated rings. The van der Waals surface area contributed by atoms with Crippen molar-refractivity contribution in [3.63, 3.8) is 0 Å². The summed E-state index contributed by atoms with van der Waals surface area (Å²) in [5.74, 6) is -1.08. The van der Waals surface area contributed by atoms with E-state index in [1.165, 1.54) is 36.9 Å². The summed E-state index contributed by atoms with van der Waals surface area (Å²) in [6.07, 6.45) is 0. The minimum atomic E-state index is -0.593. The van der Waals surface area contributed by atoms with E-state index in [1.807, 2.05) is 12.1 Å². The summed E-state index contributed by atoms with van der Waals surface area (Å²) in [6.45, 7) is 0.275. The maximum absolute atomic E-state index is 14.0. The predicted octanol–water partition coefficient (Wildman–Crippen LogP) is 3.25. The molecule has 10 heteroatoms. The molecule has 0 saturated heterocycles. The smallest absolute Gasteiger partial charge is 0.309 e. The Bertz CT molecular complexity index is 1460. The zero-order valence-electron chi connectivity index (χ0n) is 17.2. The molecule has 4 aromatic rings. The standard InChI is InChI=1S/C22H18ClFN4O3S/c1-26-19-18(20(30)27(2)22(26)31)28(11-13-7-9-14(23)10-8-13)21(25-19)32-12-17(29)15-5-3-4-6-16(15)24/h3-10H,11-12H2,1-2H3. The minimum absolute atomic E-state index is 0.0105. The van der Waals surface area contributed by atoms with Crippen LogP contribution in [-0.2, 0) is 20.6 Å². The van der Waals surface area contributed by atoms with Gasteiger partial charge in [0.2, 0.25) is 0 Å². The molecule has 0 N–H and O–H groups in total. The van der Waals surface area contributed by atoms with E-state index in [9.17, 15) is 18.8 Å². The number of Topliss-reactive ketones (excluding diaryl/α,β-unsaturated/α-hetero) is 1. The number of hydrogen-bond acceptors (Lipinski definition) is 5. The third kappa shape index (κ3) is 4.01. The second-order valence-corrected chi connectivity index (χ2v) is 8.56. The third-order valence-corrected chi connectivity index (χ3v) is 6.30. The summed E-state index contributed by atoms with van der Waals surface area (Å²) in [5, 5.41) is 0.950. The molecule has 0 atom stereocenters. The molecule has 164 valence electrons. The van der Waals surface area contributed by atoms with E-state index in [0.717, 1.165) is 21.9 Å². The van der Waals surface area contributed by atoms with Gasteiger partial charge in [-0.05, 0) is 29.8 Å². The highest BCUT2D eigenvalue weighted by Gasteiger charge is 2.21. The number of thioether (sulfide) groups is 1. The topological polar surface area (TPSA) is 78.9 Å². The molecule has 0 aliphatic carbocycles. The Labute approximate surface area is 191 Å². The summed E-state index contributed by atoms with van der Waals surface area (Å²) in [7, 11) is 2.93. The van der Waals surface area contributed by atoms with Crippen molar-refractivity contribution in [2.75, 3.05) is 5.75 Å². The molecule has 0 unspecified atom stereocenters. The van der Waals surface area contributed by atoms with Crippen LogP contribution in [0.4, 0.5) is 4.39 Å². The first-order valence-electron chi connectivity index (χ1n) is 9.59. The number of carbonyl (C=O) groups excluding carboxylic acids is 1. The molecule has 2 aromatic heterocycles. The highest BCUT2D eigenvalue weighted by Crippen LogP contribution is 2.24. The number of aryl methyl sites for hydroxylation is 1. The number of nitrogens with zero attached hydrogens (tertiary/aromatic N) is 4. The second kappa shape index (κ2) is 8.76. The first-order chi connectivity index (χ1) is 15.3. The molecule has 0 bridgehead atoms. The molecular weight excluding hydrogens is 455 g/mol. The number of halogens is 2. The van der Waals surface area contributed by atoms with Gasteiger partial charge < -0.3 is 4.57 Å². The van der Waals surface area contributed by atoms with Gasteiger partial charge in [0.15, 0.2) is 22.1 Å². The van der Waals surface area contributed by atoms with Crippen LogP contribution in [-0.4, -0.2) is 30.2 Å². The summed E-state index contributed by atoms with van der Waals surface area (Å²) < 4.78 is 18.0. The Balaban J connectivity index is 1.79. The van der Waals surface area contributed by atoms with Gasteiger partial charge in [0.05, 0.1) is 17.9 Å². The van der Waals surface area contributed by atoms with Gasteiger partial charge in [0.25, 0.3) is 5.56 Å². The van der Waals surface area contributed by atoms with Gasteiger partial charge in [-0.25, -0.2) is 14.2 Å². The summed E-state index contributed by atoms with van der Waals surface area (Å²) in [5.41, 5.74) is 0.309. The van der Waals surface area contributed by atoms with E-state index in [0.29, 0.717) is 10.2 Å². The van der Waals surface area contributed by atoms with Crippen molar-refractivity contribution in [3.05, 3.63) is 91.3 Å². The normalized spacial score (nSPS) is 11.2. The number of hydrogen-bond donors (Lipinski definition) is 0. The van der Waals surface area contributed by atoms with Crippen molar-refractivity contribution in [3.8, 4) is 0 Å². The van der Waals surface area contributed by atoms with Crippen LogP contribution >= 0.6 is 23.4 Å². The molecule has 0 saturated carbocycles. The monoisotopic (exact) mass is 472 g/mol. The zero-order chi connectivity index (χ0) is 23.0. The van der Waals surface area contributed by atoms with Crippen LogP contribution in [0.15, 0.2) is 63.3 Å². The molecule has 2 aromatic carbocycles. The van der Waals surface area contributed by atoms with Crippen LogP contribution in [0.1, 0.15) is 15.9 Å². The van der Waals surface area contributed by atoms with Crippen molar-refractivity contribution in [1.29, 1.82) is 0 Å². The Morgan fingerprint density at radius 1 is 1.06 bits per heavy atom. The fourth-order valence-electron chi connectivity index (χ4n) is 3.35. The van der Waals surface area contributed by atoms with E-state index < -0.39 is 22.8 Å². The number of fused-ring (bicyclic) bond motifs is 1. The van der Waals surface area contributed by atoms with Gasteiger partial charge in [0, 0.05) is 19.1 Å². The van der Waals surface area contributed by atoms with Gasteiger partial charge >= 0.3 is 5.69 Å². The first-order valence-corrected chi connectivity index (χ1v) is 11.0. The minimum Gasteiger partial charge on any atom is -0.309 e. The highest BCUT2D eigenvalue weighted by molar-refractivity contribution is 7.99. The molecule has 0 radical (unpaired) electrons. The summed E-state index contributed by atoms with van der Waals surface area (Å²) in [6, 6.07) is 12.9. The van der Waals surface area contributed by atoms with Crippen LogP contribution in [0.25, 0.3) is 11.2 Å². The molecule has 0 aliphatic rings. The maximum atomic E-state index is 14.0. The first kappa shape index (κ1) is 22.0. The van der Waals surface area contributed by atoms with Crippen LogP contribution in [0.5, 0.6) is 0 Å². The van der Waals surface area contributed by atoms with Crippen LogP contribution in [0.3, 0.4) is 0 Å². The van der Waals surface area contributed by atoms with Crippen molar-refractivity contribution >= 4 is 40.3 Å². The number of carbonyl (C=O) groups is 1. The lowest BCUT2D eigenvalue weighted by atomic mass is 10.1. The van der Waals surface area contributed by atoms with Gasteiger partial charge in [-0.15, -0.1) is 0 Å². The predicted molar refractivity (Wildman–Crippen MR) is 122 cm³/mol. The van der Waals surface area contributed by atoms with Gasteiger partial charge in [-0.3, -0.25) is 18.7 Å². The van der Waals surface area contributed by atoms with Crippen LogP contribution < -0.4 is 11.2 Å². The molecule has 0 spiro atoms. The zero-order valence-corrected chi connectivity index (χ0v) is 18.8. The average molecular weight is 473 g/mol. The fourth-order valence-corrected chi connectivity index (χ4v) is 4.36. The number of benzene rings is 2. The molecule has 32 heavy (non-hydrogen) atoms. The van der Waals surface area contributed by atoms with Gasteiger partial charge in [0.1, 0.15) is 5.82 Å². The van der Waals surface area contributed by atoms with Crippen LogP contribution in [0, 0.1) is 5.82 Å². The van der Waals surface area contributed by atoms with Gasteiger partial charge in [-0.1, -0.05) is 47.6 Å². The van der Waals surface area contributed by atoms with Crippen LogP contribution in [0.2, 0.25) is 5.02 Å². The number of ketones is 1. The Morgan fingerprint density at radius 3 is 2.44 bits per heavy atom. The molecule has 4 rings (SSSR count). The van der Waals surface area contributed by atoms with E-state index in [4.69, 9.17) is 11.6 Å². The summed E-state index contributed by atoms with van der Waals surface area (Å²) in [4.78, 5) is 42.3. The quantitative estimate of drug-likeness (QED) is 0.318. The summed E-state index contributed by atoms with van der Waals surface area (Å²) >= 11 is 7.06. The molecule has 7 nitrogen and oxygen atoms in total. The van der Waals surface area contributed by atoms with Gasteiger partial charge in [-0.2, -0.15) is 0 Å². The SMILES string of the molecule is Cn1c(=O)c2c(nc(SCC(=O)c3ccccc3F)n2Cc2ccc(Cl)cc2)n(C)c1=O. The van der Waals surface area contributed by atoms with Crippen molar-refractivity contribution in [2.24, 2.45) is 14.1 Å². The largest absolute Gasteiger partial charge is 0.332 e. The maximum Gasteiger partial charge on any atom is 0.332 e. The lowest BCUT2D eigenvalue weighted by molar-refractivity contribution is 0.101. The molecule has 0 aliphatic heterocycles.